The van der Waals surface area contributed by atoms with E-state index in [0.717, 1.165) is 30.5 Å². The Kier molecular flexibility index (Phi) is 3.15. The molecular weight excluding hydrogens is 242 g/mol. The van der Waals surface area contributed by atoms with Crippen molar-refractivity contribution < 1.29 is 0 Å². The number of nitrogens with two attached hydrogens (primary N) is 1. The smallest absolute Gasteiger partial charge is 0.106 e. The number of piperidine rings is 1. The van der Waals surface area contributed by atoms with E-state index in [1.54, 1.807) is 0 Å². The zero-order valence-electron chi connectivity index (χ0n) is 7.99. The molecule has 0 saturated carbocycles. The van der Waals surface area contributed by atoms with Crippen LogP contribution in [0.15, 0.2) is 22.8 Å². The van der Waals surface area contributed by atoms with Gasteiger partial charge in [-0.2, -0.15) is 0 Å². The van der Waals surface area contributed by atoms with Gasteiger partial charge in [0.25, 0.3) is 0 Å². The van der Waals surface area contributed by atoms with Crippen molar-refractivity contribution in [3.05, 3.63) is 28.5 Å². The van der Waals surface area contributed by atoms with Gasteiger partial charge < -0.3 is 0 Å². The molecule has 0 amide bonds. The third-order valence-electron chi connectivity index (χ3n) is 2.68. The Hall–Kier alpha value is -0.450. The van der Waals surface area contributed by atoms with Crippen molar-refractivity contribution in [1.82, 2.24) is 9.99 Å². The van der Waals surface area contributed by atoms with Gasteiger partial charge in [-0.1, -0.05) is 6.07 Å². The summed E-state index contributed by atoms with van der Waals surface area (Å²) in [6, 6.07) is 6.10. The van der Waals surface area contributed by atoms with E-state index in [0.29, 0.717) is 5.92 Å². The summed E-state index contributed by atoms with van der Waals surface area (Å²) in [5, 5.41) is 1.88. The summed E-state index contributed by atoms with van der Waals surface area (Å²) in [5.41, 5.74) is 1.19. The second-order valence-electron chi connectivity index (χ2n) is 3.70. The van der Waals surface area contributed by atoms with Crippen LogP contribution in [0.5, 0.6) is 0 Å². The van der Waals surface area contributed by atoms with Gasteiger partial charge >= 0.3 is 0 Å². The molecule has 0 aliphatic carbocycles. The molecular formula is C10H14BrN3. The van der Waals surface area contributed by atoms with Gasteiger partial charge in [-0.05, 0) is 40.9 Å². The standard InChI is InChI=1S/C10H14BrN3/c11-10-3-1-2-9(13-10)8-4-6-14(12)7-5-8/h1-3,8H,4-7,12H2. The van der Waals surface area contributed by atoms with Gasteiger partial charge in [0.1, 0.15) is 4.60 Å². The predicted octanol–water partition coefficient (Wildman–Crippen LogP) is 1.90. The average Bonchev–Trinajstić information content (AvgIpc) is 2.19. The van der Waals surface area contributed by atoms with Crippen LogP contribution in [0.1, 0.15) is 24.5 Å². The Balaban J connectivity index is 2.08. The van der Waals surface area contributed by atoms with E-state index in [1.807, 2.05) is 17.1 Å². The fourth-order valence-electron chi connectivity index (χ4n) is 1.85. The number of hydrogen-bond donors (Lipinski definition) is 1. The number of hydrogen-bond acceptors (Lipinski definition) is 3. The lowest BCUT2D eigenvalue weighted by Crippen LogP contribution is -2.38. The normalized spacial score (nSPS) is 19.9. The first-order valence-electron chi connectivity index (χ1n) is 4.88. The third-order valence-corrected chi connectivity index (χ3v) is 3.13. The van der Waals surface area contributed by atoms with E-state index in [-0.39, 0.29) is 0 Å². The molecule has 14 heavy (non-hydrogen) atoms. The second kappa shape index (κ2) is 4.38. The van der Waals surface area contributed by atoms with Gasteiger partial charge in [0.2, 0.25) is 0 Å². The van der Waals surface area contributed by atoms with Crippen LogP contribution in [0.2, 0.25) is 0 Å². The maximum Gasteiger partial charge on any atom is 0.106 e. The Bertz CT molecular complexity index is 308. The van der Waals surface area contributed by atoms with Crippen LogP contribution in [0.25, 0.3) is 0 Å². The summed E-state index contributed by atoms with van der Waals surface area (Å²) in [4.78, 5) is 4.48. The monoisotopic (exact) mass is 255 g/mol. The summed E-state index contributed by atoms with van der Waals surface area (Å²) in [6.07, 6.45) is 2.22. The molecule has 3 nitrogen and oxygen atoms in total. The van der Waals surface area contributed by atoms with Gasteiger partial charge in [-0.3, -0.25) is 5.84 Å². The molecule has 2 rings (SSSR count). The molecule has 2 N–H and O–H groups in total. The van der Waals surface area contributed by atoms with Crippen LogP contribution >= 0.6 is 15.9 Å². The van der Waals surface area contributed by atoms with Crippen LogP contribution in [-0.2, 0) is 0 Å². The fourth-order valence-corrected chi connectivity index (χ4v) is 2.20. The largest absolute Gasteiger partial charge is 0.269 e. The molecule has 0 spiro atoms. The first-order valence-corrected chi connectivity index (χ1v) is 5.67. The molecule has 1 aromatic heterocycles. The minimum atomic E-state index is 0.576. The van der Waals surface area contributed by atoms with E-state index in [1.165, 1.54) is 5.69 Å². The van der Waals surface area contributed by atoms with Crippen LogP contribution in [-0.4, -0.2) is 23.1 Å². The Labute approximate surface area is 92.4 Å². The molecule has 0 aromatic carbocycles. The topological polar surface area (TPSA) is 42.1 Å². The SMILES string of the molecule is NN1CCC(c2cccc(Br)n2)CC1. The molecule has 1 fully saturated rings. The zero-order valence-corrected chi connectivity index (χ0v) is 9.57. The molecule has 1 aliphatic heterocycles. The minimum Gasteiger partial charge on any atom is -0.269 e. The maximum atomic E-state index is 5.71. The first-order chi connectivity index (χ1) is 6.75. The van der Waals surface area contributed by atoms with Gasteiger partial charge in [-0.25, -0.2) is 9.99 Å². The first kappa shape index (κ1) is 10.1. The molecule has 76 valence electrons. The summed E-state index contributed by atoms with van der Waals surface area (Å²) in [7, 11) is 0. The van der Waals surface area contributed by atoms with Crippen LogP contribution in [0, 0.1) is 0 Å². The number of halogens is 1. The highest BCUT2D eigenvalue weighted by atomic mass is 79.9. The van der Waals surface area contributed by atoms with Crippen molar-refractivity contribution in [2.45, 2.75) is 18.8 Å². The lowest BCUT2D eigenvalue weighted by molar-refractivity contribution is 0.216. The molecule has 2 heterocycles. The lowest BCUT2D eigenvalue weighted by atomic mass is 9.94. The summed E-state index contributed by atoms with van der Waals surface area (Å²) >= 11 is 3.39. The molecule has 4 heteroatoms. The van der Waals surface area contributed by atoms with Crippen LogP contribution in [0.3, 0.4) is 0 Å². The van der Waals surface area contributed by atoms with Crippen molar-refractivity contribution >= 4 is 15.9 Å². The summed E-state index contributed by atoms with van der Waals surface area (Å²) in [5.74, 6) is 6.28. The van der Waals surface area contributed by atoms with Crippen LogP contribution in [0.4, 0.5) is 0 Å². The highest BCUT2D eigenvalue weighted by Crippen LogP contribution is 2.26. The molecule has 1 saturated heterocycles. The maximum absolute atomic E-state index is 5.71. The number of rotatable bonds is 1. The molecule has 0 atom stereocenters. The van der Waals surface area contributed by atoms with Crippen molar-refractivity contribution in [2.24, 2.45) is 5.84 Å². The van der Waals surface area contributed by atoms with E-state index in [2.05, 4.69) is 27.0 Å². The molecule has 0 unspecified atom stereocenters. The lowest BCUT2D eigenvalue weighted by Gasteiger charge is -2.28. The van der Waals surface area contributed by atoms with Crippen LogP contribution < -0.4 is 5.84 Å². The van der Waals surface area contributed by atoms with Gasteiger partial charge in [0.05, 0.1) is 0 Å². The zero-order chi connectivity index (χ0) is 9.97. The quantitative estimate of drug-likeness (QED) is 0.616. The Morgan fingerprint density at radius 3 is 2.71 bits per heavy atom. The second-order valence-corrected chi connectivity index (χ2v) is 4.51. The third kappa shape index (κ3) is 2.32. The van der Waals surface area contributed by atoms with E-state index in [4.69, 9.17) is 5.84 Å². The number of hydrazine groups is 1. The van der Waals surface area contributed by atoms with Crippen molar-refractivity contribution in [1.29, 1.82) is 0 Å². The Morgan fingerprint density at radius 2 is 2.07 bits per heavy atom. The molecule has 1 aromatic rings. The Morgan fingerprint density at radius 1 is 1.36 bits per heavy atom. The predicted molar refractivity (Wildman–Crippen MR) is 59.7 cm³/mol. The molecule has 0 bridgehead atoms. The number of aromatic nitrogens is 1. The van der Waals surface area contributed by atoms with Gasteiger partial charge in [0, 0.05) is 24.7 Å². The van der Waals surface area contributed by atoms with E-state index >= 15 is 0 Å². The van der Waals surface area contributed by atoms with E-state index in [9.17, 15) is 0 Å². The fraction of sp³-hybridized carbons (Fsp3) is 0.500. The number of nitrogens with zero attached hydrogens (tertiary/aromatic N) is 2. The summed E-state index contributed by atoms with van der Waals surface area (Å²) < 4.78 is 0.921. The average molecular weight is 256 g/mol. The van der Waals surface area contributed by atoms with Crippen molar-refractivity contribution in [3.63, 3.8) is 0 Å². The minimum absolute atomic E-state index is 0.576. The number of pyridine rings is 1. The van der Waals surface area contributed by atoms with E-state index < -0.39 is 0 Å². The highest BCUT2D eigenvalue weighted by Gasteiger charge is 2.19. The van der Waals surface area contributed by atoms with Crippen molar-refractivity contribution in [2.75, 3.05) is 13.1 Å². The highest BCUT2D eigenvalue weighted by molar-refractivity contribution is 9.10. The molecule has 1 aliphatic rings. The van der Waals surface area contributed by atoms with Crippen molar-refractivity contribution in [3.8, 4) is 0 Å². The summed E-state index contributed by atoms with van der Waals surface area (Å²) in [6.45, 7) is 1.94. The van der Waals surface area contributed by atoms with Gasteiger partial charge in [0.15, 0.2) is 0 Å². The van der Waals surface area contributed by atoms with Gasteiger partial charge in [-0.15, -0.1) is 0 Å². The molecule has 0 radical (unpaired) electrons.